The van der Waals surface area contributed by atoms with Gasteiger partial charge in [0.1, 0.15) is 0 Å². The summed E-state index contributed by atoms with van der Waals surface area (Å²) in [6, 6.07) is 6.31. The monoisotopic (exact) mass is 236 g/mol. The summed E-state index contributed by atoms with van der Waals surface area (Å²) in [6.07, 6.45) is 4.48. The standard InChI is InChI=1S/C10H9BrN2/c11-8-5-9-3-4-12-13(9)10(6-8)7-1-2-7/h3-7H,1-2H2. The maximum Gasteiger partial charge on any atom is 0.0676 e. The molecule has 3 rings (SSSR count). The molecule has 2 heterocycles. The van der Waals surface area contributed by atoms with Crippen molar-refractivity contribution in [2.75, 3.05) is 0 Å². The van der Waals surface area contributed by atoms with Crippen LogP contribution >= 0.6 is 15.9 Å². The van der Waals surface area contributed by atoms with Crippen LogP contribution in [0.1, 0.15) is 24.5 Å². The van der Waals surface area contributed by atoms with Crippen molar-refractivity contribution in [2.45, 2.75) is 18.8 Å². The summed E-state index contributed by atoms with van der Waals surface area (Å²) >= 11 is 3.52. The molecule has 0 unspecified atom stereocenters. The Bertz CT molecular complexity index is 457. The van der Waals surface area contributed by atoms with Crippen molar-refractivity contribution in [3.63, 3.8) is 0 Å². The molecule has 0 N–H and O–H groups in total. The van der Waals surface area contributed by atoms with E-state index in [2.05, 4.69) is 33.2 Å². The zero-order valence-corrected chi connectivity index (χ0v) is 8.66. The molecule has 0 saturated heterocycles. The zero-order chi connectivity index (χ0) is 8.84. The SMILES string of the molecule is Brc1cc(C2CC2)n2nccc2c1. The number of hydrogen-bond acceptors (Lipinski definition) is 1. The molecule has 0 aromatic carbocycles. The first-order valence-electron chi connectivity index (χ1n) is 4.48. The van der Waals surface area contributed by atoms with Crippen molar-refractivity contribution < 1.29 is 0 Å². The van der Waals surface area contributed by atoms with Gasteiger partial charge in [0.15, 0.2) is 0 Å². The van der Waals surface area contributed by atoms with E-state index in [1.54, 1.807) is 0 Å². The molecule has 0 spiro atoms. The summed E-state index contributed by atoms with van der Waals surface area (Å²) in [5.41, 5.74) is 2.52. The molecule has 0 atom stereocenters. The van der Waals surface area contributed by atoms with Gasteiger partial charge in [0.25, 0.3) is 0 Å². The van der Waals surface area contributed by atoms with Crippen LogP contribution in [0.25, 0.3) is 5.52 Å². The van der Waals surface area contributed by atoms with Gasteiger partial charge in [-0.3, -0.25) is 0 Å². The smallest absolute Gasteiger partial charge is 0.0676 e. The minimum Gasteiger partial charge on any atom is -0.237 e. The molecule has 1 aliphatic rings. The summed E-state index contributed by atoms with van der Waals surface area (Å²) < 4.78 is 3.20. The van der Waals surface area contributed by atoms with E-state index in [1.165, 1.54) is 24.1 Å². The Kier molecular flexibility index (Phi) is 1.50. The van der Waals surface area contributed by atoms with Gasteiger partial charge >= 0.3 is 0 Å². The molecule has 0 bridgehead atoms. The Labute approximate surface area is 84.7 Å². The van der Waals surface area contributed by atoms with Gasteiger partial charge in [-0.25, -0.2) is 4.52 Å². The molecule has 2 aromatic heterocycles. The quantitative estimate of drug-likeness (QED) is 0.745. The molecule has 1 saturated carbocycles. The number of aromatic nitrogens is 2. The lowest BCUT2D eigenvalue weighted by Gasteiger charge is -2.03. The lowest BCUT2D eigenvalue weighted by Crippen LogP contribution is -1.96. The fraction of sp³-hybridized carbons (Fsp3) is 0.300. The third-order valence-electron chi connectivity index (χ3n) is 2.48. The summed E-state index contributed by atoms with van der Waals surface area (Å²) in [7, 11) is 0. The number of halogens is 1. The van der Waals surface area contributed by atoms with Crippen LogP contribution < -0.4 is 0 Å². The van der Waals surface area contributed by atoms with Gasteiger partial charge in [-0.05, 0) is 31.0 Å². The fourth-order valence-electron chi connectivity index (χ4n) is 1.69. The van der Waals surface area contributed by atoms with Crippen molar-refractivity contribution in [1.82, 2.24) is 9.61 Å². The van der Waals surface area contributed by atoms with E-state index in [1.807, 2.05) is 16.8 Å². The van der Waals surface area contributed by atoms with Gasteiger partial charge in [0.2, 0.25) is 0 Å². The number of fused-ring (bicyclic) bond motifs is 1. The molecule has 0 radical (unpaired) electrons. The topological polar surface area (TPSA) is 17.3 Å². The van der Waals surface area contributed by atoms with E-state index in [0.29, 0.717) is 0 Å². The number of pyridine rings is 1. The number of hydrogen-bond donors (Lipinski definition) is 0. The predicted molar refractivity (Wildman–Crippen MR) is 54.9 cm³/mol. The largest absolute Gasteiger partial charge is 0.237 e. The Hall–Kier alpha value is -0.830. The molecule has 66 valence electrons. The van der Waals surface area contributed by atoms with Gasteiger partial charge in [0, 0.05) is 22.3 Å². The average Bonchev–Trinajstić information content (AvgIpc) is 2.84. The van der Waals surface area contributed by atoms with Gasteiger partial charge in [-0.2, -0.15) is 5.10 Å². The first-order chi connectivity index (χ1) is 6.34. The van der Waals surface area contributed by atoms with Crippen LogP contribution in [0.2, 0.25) is 0 Å². The van der Waals surface area contributed by atoms with Gasteiger partial charge in [0.05, 0.1) is 5.52 Å². The van der Waals surface area contributed by atoms with Crippen LogP contribution in [0.3, 0.4) is 0 Å². The maximum atomic E-state index is 4.32. The van der Waals surface area contributed by atoms with Crippen molar-refractivity contribution in [3.8, 4) is 0 Å². The van der Waals surface area contributed by atoms with Crippen LogP contribution in [0, 0.1) is 0 Å². The molecule has 1 aliphatic carbocycles. The molecule has 2 aromatic rings. The van der Waals surface area contributed by atoms with E-state index < -0.39 is 0 Å². The van der Waals surface area contributed by atoms with Crippen molar-refractivity contribution in [3.05, 3.63) is 34.6 Å². The van der Waals surface area contributed by atoms with E-state index in [4.69, 9.17) is 0 Å². The van der Waals surface area contributed by atoms with Gasteiger partial charge < -0.3 is 0 Å². The van der Waals surface area contributed by atoms with Crippen molar-refractivity contribution in [2.24, 2.45) is 0 Å². The third-order valence-corrected chi connectivity index (χ3v) is 2.94. The minimum atomic E-state index is 0.736. The maximum absolute atomic E-state index is 4.32. The third kappa shape index (κ3) is 1.18. The van der Waals surface area contributed by atoms with E-state index >= 15 is 0 Å². The second-order valence-corrected chi connectivity index (χ2v) is 4.46. The summed E-state index contributed by atoms with van der Waals surface area (Å²) in [5, 5.41) is 4.32. The first-order valence-corrected chi connectivity index (χ1v) is 5.27. The van der Waals surface area contributed by atoms with E-state index in [-0.39, 0.29) is 0 Å². The fourth-order valence-corrected chi connectivity index (χ4v) is 2.16. The van der Waals surface area contributed by atoms with E-state index in [0.717, 1.165) is 10.4 Å². The molecule has 0 amide bonds. The molecular weight excluding hydrogens is 228 g/mol. The van der Waals surface area contributed by atoms with Crippen molar-refractivity contribution >= 4 is 21.4 Å². The molecule has 1 fully saturated rings. The predicted octanol–water partition coefficient (Wildman–Crippen LogP) is 2.97. The average molecular weight is 237 g/mol. The number of nitrogens with zero attached hydrogens (tertiary/aromatic N) is 2. The minimum absolute atomic E-state index is 0.736. The van der Waals surface area contributed by atoms with E-state index in [9.17, 15) is 0 Å². The molecule has 13 heavy (non-hydrogen) atoms. The highest BCUT2D eigenvalue weighted by molar-refractivity contribution is 9.10. The molecule has 2 nitrogen and oxygen atoms in total. The Morgan fingerprint density at radius 3 is 3.00 bits per heavy atom. The molecule has 3 heteroatoms. The zero-order valence-electron chi connectivity index (χ0n) is 7.07. The highest BCUT2D eigenvalue weighted by Gasteiger charge is 2.26. The first kappa shape index (κ1) is 7.56. The highest BCUT2D eigenvalue weighted by Crippen LogP contribution is 2.40. The number of rotatable bonds is 1. The molecule has 0 aliphatic heterocycles. The Balaban J connectivity index is 2.33. The van der Waals surface area contributed by atoms with Gasteiger partial charge in [-0.15, -0.1) is 0 Å². The van der Waals surface area contributed by atoms with Crippen molar-refractivity contribution in [1.29, 1.82) is 0 Å². The summed E-state index contributed by atoms with van der Waals surface area (Å²) in [4.78, 5) is 0. The van der Waals surface area contributed by atoms with Crippen LogP contribution in [0.4, 0.5) is 0 Å². The molecular formula is C10H9BrN2. The van der Waals surface area contributed by atoms with Gasteiger partial charge in [-0.1, -0.05) is 15.9 Å². The Morgan fingerprint density at radius 1 is 1.38 bits per heavy atom. The van der Waals surface area contributed by atoms with Crippen LogP contribution in [-0.4, -0.2) is 9.61 Å². The Morgan fingerprint density at radius 2 is 2.23 bits per heavy atom. The van der Waals surface area contributed by atoms with Crippen LogP contribution in [-0.2, 0) is 0 Å². The second kappa shape index (κ2) is 2.58. The lowest BCUT2D eigenvalue weighted by molar-refractivity contribution is 0.856. The van der Waals surface area contributed by atoms with Crippen LogP contribution in [0.5, 0.6) is 0 Å². The normalized spacial score (nSPS) is 16.7. The summed E-state index contributed by atoms with van der Waals surface area (Å²) in [6.45, 7) is 0. The second-order valence-electron chi connectivity index (χ2n) is 3.54. The lowest BCUT2D eigenvalue weighted by atomic mass is 10.2. The highest BCUT2D eigenvalue weighted by atomic mass is 79.9. The van der Waals surface area contributed by atoms with Crippen LogP contribution in [0.15, 0.2) is 28.9 Å². The summed E-state index contributed by atoms with van der Waals surface area (Å²) in [5.74, 6) is 0.736.